The van der Waals surface area contributed by atoms with Crippen molar-refractivity contribution in [3.63, 3.8) is 0 Å². The van der Waals surface area contributed by atoms with Crippen LogP contribution in [0, 0.1) is 11.6 Å². The number of benzene rings is 1. The van der Waals surface area contributed by atoms with Gasteiger partial charge in [-0.1, -0.05) is 0 Å². The zero-order chi connectivity index (χ0) is 15.7. The third-order valence-corrected chi connectivity index (χ3v) is 4.55. The molecule has 4 nitrogen and oxygen atoms in total. The highest BCUT2D eigenvalue weighted by atomic mass is 32.1. The van der Waals surface area contributed by atoms with Crippen molar-refractivity contribution < 1.29 is 13.5 Å². The Kier molecular flexibility index (Phi) is 4.44. The van der Waals surface area contributed by atoms with Crippen LogP contribution in [0.4, 0.5) is 8.78 Å². The molecule has 2 aliphatic rings. The molecule has 120 valence electrons. The highest BCUT2D eigenvalue weighted by Gasteiger charge is 2.36. The summed E-state index contributed by atoms with van der Waals surface area (Å²) in [4.78, 5) is 2.12. The molecule has 1 aromatic carbocycles. The molecule has 1 fully saturated rings. The van der Waals surface area contributed by atoms with Crippen molar-refractivity contribution in [1.29, 1.82) is 0 Å². The molecule has 3 rings (SSSR count). The van der Waals surface area contributed by atoms with Crippen LogP contribution in [0.5, 0.6) is 5.75 Å². The molecule has 0 spiro atoms. The van der Waals surface area contributed by atoms with E-state index in [0.717, 1.165) is 25.6 Å². The highest BCUT2D eigenvalue weighted by molar-refractivity contribution is 7.80. The summed E-state index contributed by atoms with van der Waals surface area (Å²) in [7, 11) is 1.91. The molecule has 1 aromatic rings. The first kappa shape index (κ1) is 15.4. The van der Waals surface area contributed by atoms with Crippen molar-refractivity contribution in [2.24, 2.45) is 0 Å². The molecular formula is C15H19F2N3OS. The van der Waals surface area contributed by atoms with Crippen LogP contribution in [0.25, 0.3) is 0 Å². The van der Waals surface area contributed by atoms with E-state index in [9.17, 15) is 8.78 Å². The standard InChI is InChI=1S/C15H19F2N3OS/c1-18-3-2-11-7-19-15(22)20(11)12-5-9-4-10(16)6-13(17)14(9)21-8-12/h4,6,11-12,18H,2-3,5,7-8H2,1H3,(H,19,22)/t11?,12-/m1/s1. The average Bonchev–Trinajstić information content (AvgIpc) is 2.85. The molecular weight excluding hydrogens is 308 g/mol. The van der Waals surface area contributed by atoms with Crippen LogP contribution in [0.15, 0.2) is 12.1 Å². The second kappa shape index (κ2) is 6.34. The largest absolute Gasteiger partial charge is 0.488 e. The Morgan fingerprint density at radius 3 is 3.05 bits per heavy atom. The van der Waals surface area contributed by atoms with Crippen molar-refractivity contribution in [3.05, 3.63) is 29.3 Å². The monoisotopic (exact) mass is 327 g/mol. The molecule has 0 amide bonds. The second-order valence-electron chi connectivity index (χ2n) is 5.68. The summed E-state index contributed by atoms with van der Waals surface area (Å²) in [6.07, 6.45) is 1.48. The molecule has 0 bridgehead atoms. The van der Waals surface area contributed by atoms with Gasteiger partial charge in [-0.3, -0.25) is 0 Å². The van der Waals surface area contributed by atoms with Crippen LogP contribution in [0.1, 0.15) is 12.0 Å². The Morgan fingerprint density at radius 2 is 2.27 bits per heavy atom. The van der Waals surface area contributed by atoms with Crippen LogP contribution in [-0.4, -0.2) is 48.8 Å². The molecule has 2 atom stereocenters. The first-order valence-electron chi connectivity index (χ1n) is 7.41. The molecule has 0 aliphatic carbocycles. The molecule has 1 unspecified atom stereocenters. The van der Waals surface area contributed by atoms with Gasteiger partial charge in [-0.15, -0.1) is 0 Å². The quantitative estimate of drug-likeness (QED) is 0.819. The fourth-order valence-corrected chi connectivity index (χ4v) is 3.56. The van der Waals surface area contributed by atoms with Gasteiger partial charge in [0.15, 0.2) is 16.7 Å². The Hall–Kier alpha value is -1.47. The van der Waals surface area contributed by atoms with Gasteiger partial charge in [0.25, 0.3) is 0 Å². The van der Waals surface area contributed by atoms with E-state index in [2.05, 4.69) is 15.5 Å². The molecule has 2 N–H and O–H groups in total. The van der Waals surface area contributed by atoms with Gasteiger partial charge in [0.05, 0.1) is 12.1 Å². The predicted octanol–water partition coefficient (Wildman–Crippen LogP) is 1.44. The predicted molar refractivity (Wildman–Crippen MR) is 84.1 cm³/mol. The topological polar surface area (TPSA) is 36.5 Å². The Balaban J connectivity index is 1.79. The van der Waals surface area contributed by atoms with Gasteiger partial charge in [-0.25, -0.2) is 8.78 Å². The lowest BCUT2D eigenvalue weighted by molar-refractivity contribution is 0.150. The van der Waals surface area contributed by atoms with E-state index in [1.54, 1.807) is 0 Å². The second-order valence-corrected chi connectivity index (χ2v) is 6.07. The van der Waals surface area contributed by atoms with Crippen molar-refractivity contribution in [2.45, 2.75) is 24.9 Å². The SMILES string of the molecule is CNCCC1CNC(=S)N1[C@H]1COc2c(F)cc(F)cc2C1. The van der Waals surface area contributed by atoms with Crippen LogP contribution >= 0.6 is 12.2 Å². The Labute approximate surface area is 133 Å². The first-order valence-corrected chi connectivity index (χ1v) is 7.82. The van der Waals surface area contributed by atoms with Crippen LogP contribution in [-0.2, 0) is 6.42 Å². The number of ether oxygens (including phenoxy) is 1. The lowest BCUT2D eigenvalue weighted by Gasteiger charge is -2.36. The van der Waals surface area contributed by atoms with Gasteiger partial charge in [-0.2, -0.15) is 0 Å². The Morgan fingerprint density at radius 1 is 1.45 bits per heavy atom. The fraction of sp³-hybridized carbons (Fsp3) is 0.533. The van der Waals surface area contributed by atoms with E-state index in [4.69, 9.17) is 17.0 Å². The number of hydrogen-bond donors (Lipinski definition) is 2. The molecule has 0 saturated carbocycles. The maximum atomic E-state index is 13.7. The van der Waals surface area contributed by atoms with Crippen LogP contribution in [0.2, 0.25) is 0 Å². The van der Waals surface area contributed by atoms with E-state index in [1.807, 2.05) is 7.05 Å². The van der Waals surface area contributed by atoms with E-state index < -0.39 is 11.6 Å². The lowest BCUT2D eigenvalue weighted by Crippen LogP contribution is -2.49. The van der Waals surface area contributed by atoms with Gasteiger partial charge in [0, 0.05) is 24.6 Å². The minimum Gasteiger partial charge on any atom is -0.488 e. The number of nitrogens with zero attached hydrogens (tertiary/aromatic N) is 1. The van der Waals surface area contributed by atoms with Gasteiger partial charge < -0.3 is 20.3 Å². The molecule has 0 aromatic heterocycles. The van der Waals surface area contributed by atoms with E-state index in [-0.39, 0.29) is 17.8 Å². The van der Waals surface area contributed by atoms with Gasteiger partial charge in [0.1, 0.15) is 12.4 Å². The number of thiocarbonyl (C=S) groups is 1. The van der Waals surface area contributed by atoms with E-state index in [1.165, 1.54) is 6.07 Å². The number of halogens is 2. The third-order valence-electron chi connectivity index (χ3n) is 4.20. The number of hydrogen-bond acceptors (Lipinski definition) is 3. The molecule has 0 radical (unpaired) electrons. The summed E-state index contributed by atoms with van der Waals surface area (Å²) in [5.74, 6) is -1.04. The molecule has 22 heavy (non-hydrogen) atoms. The van der Waals surface area contributed by atoms with Gasteiger partial charge in [0.2, 0.25) is 0 Å². The fourth-order valence-electron chi connectivity index (χ4n) is 3.17. The summed E-state index contributed by atoms with van der Waals surface area (Å²) in [5.41, 5.74) is 0.566. The van der Waals surface area contributed by atoms with Crippen LogP contribution in [0.3, 0.4) is 0 Å². The van der Waals surface area contributed by atoms with Gasteiger partial charge >= 0.3 is 0 Å². The zero-order valence-electron chi connectivity index (χ0n) is 12.4. The summed E-state index contributed by atoms with van der Waals surface area (Å²) >= 11 is 5.39. The summed E-state index contributed by atoms with van der Waals surface area (Å²) in [6, 6.07) is 2.47. The maximum absolute atomic E-state index is 13.7. The smallest absolute Gasteiger partial charge is 0.169 e. The summed E-state index contributed by atoms with van der Waals surface area (Å²) in [6.45, 7) is 2.04. The van der Waals surface area contributed by atoms with Crippen LogP contribution < -0.4 is 15.4 Å². The number of fused-ring (bicyclic) bond motifs is 1. The van der Waals surface area contributed by atoms with E-state index in [0.29, 0.717) is 23.7 Å². The zero-order valence-corrected chi connectivity index (χ0v) is 13.2. The minimum atomic E-state index is -0.637. The van der Waals surface area contributed by atoms with Crippen molar-refractivity contribution in [1.82, 2.24) is 15.5 Å². The molecule has 2 aliphatic heterocycles. The van der Waals surface area contributed by atoms with Crippen molar-refractivity contribution in [2.75, 3.05) is 26.7 Å². The molecule has 7 heteroatoms. The van der Waals surface area contributed by atoms with Crippen molar-refractivity contribution >= 4 is 17.3 Å². The summed E-state index contributed by atoms with van der Waals surface area (Å²) < 4.78 is 32.7. The normalized spacial score (nSPS) is 24.0. The van der Waals surface area contributed by atoms with Gasteiger partial charge in [-0.05, 0) is 38.3 Å². The average molecular weight is 327 g/mol. The summed E-state index contributed by atoms with van der Waals surface area (Å²) in [5, 5.41) is 7.02. The van der Waals surface area contributed by atoms with E-state index >= 15 is 0 Å². The maximum Gasteiger partial charge on any atom is 0.169 e. The minimum absolute atomic E-state index is 0.00180. The first-order chi connectivity index (χ1) is 10.6. The lowest BCUT2D eigenvalue weighted by atomic mass is 9.99. The third kappa shape index (κ3) is 2.87. The Bertz CT molecular complexity index is 584. The number of rotatable bonds is 4. The molecule has 2 heterocycles. The van der Waals surface area contributed by atoms with Crippen molar-refractivity contribution in [3.8, 4) is 5.75 Å². The molecule has 1 saturated heterocycles. The number of nitrogens with one attached hydrogen (secondary N) is 2. The highest BCUT2D eigenvalue weighted by Crippen LogP contribution is 2.31.